The summed E-state index contributed by atoms with van der Waals surface area (Å²) >= 11 is 3.39. The van der Waals surface area contributed by atoms with Crippen LogP contribution in [-0.2, 0) is 0 Å². The zero-order valence-electron chi connectivity index (χ0n) is 16.7. The second-order valence-corrected chi connectivity index (χ2v) is 10.4. The summed E-state index contributed by atoms with van der Waals surface area (Å²) in [4.78, 5) is 18.7. The van der Waals surface area contributed by atoms with Crippen LogP contribution in [-0.4, -0.2) is 38.5 Å². The fourth-order valence-electron chi connectivity index (χ4n) is 5.19. The molecule has 2 aliphatic rings. The van der Waals surface area contributed by atoms with Crippen molar-refractivity contribution in [3.63, 3.8) is 0 Å². The Hall–Kier alpha value is -2.16. The van der Waals surface area contributed by atoms with E-state index in [9.17, 15) is 0 Å². The predicted octanol–water partition coefficient (Wildman–Crippen LogP) is 4.59. The molecule has 1 saturated heterocycles. The number of nitrogens with two attached hydrogens (primary N) is 1. The Morgan fingerprint density at radius 2 is 2.00 bits per heavy atom. The topological polar surface area (TPSA) is 72.3 Å². The third-order valence-corrected chi connectivity index (χ3v) is 9.01. The minimum Gasteiger partial charge on any atom is -0.342 e. The quantitative estimate of drug-likeness (QED) is 0.506. The highest BCUT2D eigenvalue weighted by Crippen LogP contribution is 2.46. The number of fused-ring (bicyclic) bond motifs is 2. The minimum absolute atomic E-state index is 0.355. The number of aromatic nitrogens is 4. The molecule has 0 amide bonds. The molecule has 1 saturated carbocycles. The van der Waals surface area contributed by atoms with E-state index in [0.29, 0.717) is 11.5 Å². The number of anilines is 1. The van der Waals surface area contributed by atoms with Gasteiger partial charge in [0, 0.05) is 42.6 Å². The summed E-state index contributed by atoms with van der Waals surface area (Å²) in [6.07, 6.45) is 12.0. The zero-order chi connectivity index (χ0) is 20.1. The lowest BCUT2D eigenvalue weighted by molar-refractivity contribution is 0.197. The molecule has 30 heavy (non-hydrogen) atoms. The number of imidazole rings is 1. The average molecular weight is 437 g/mol. The van der Waals surface area contributed by atoms with Gasteiger partial charge in [-0.2, -0.15) is 0 Å². The monoisotopic (exact) mass is 436 g/mol. The predicted molar refractivity (Wildman–Crippen MR) is 122 cm³/mol. The van der Waals surface area contributed by atoms with E-state index < -0.39 is 0 Å². The van der Waals surface area contributed by atoms with E-state index in [-0.39, 0.29) is 0 Å². The maximum Gasteiger partial charge on any atom is 0.211 e. The number of thiazole rings is 1. The average Bonchev–Trinajstić information content (AvgIpc) is 3.51. The van der Waals surface area contributed by atoms with Gasteiger partial charge in [-0.1, -0.05) is 24.2 Å². The van der Waals surface area contributed by atoms with E-state index in [1.807, 2.05) is 24.1 Å². The molecule has 1 spiro atoms. The number of hydrogen-bond donors (Lipinski definition) is 1. The summed E-state index contributed by atoms with van der Waals surface area (Å²) in [6.45, 7) is 2.03. The van der Waals surface area contributed by atoms with Crippen LogP contribution in [0.15, 0.2) is 52.1 Å². The molecule has 1 aliphatic heterocycles. The second kappa shape index (κ2) is 7.21. The Labute approximate surface area is 183 Å². The molecule has 6 rings (SSSR count). The first-order valence-electron chi connectivity index (χ1n) is 10.6. The molecule has 154 valence electrons. The van der Waals surface area contributed by atoms with Crippen LogP contribution < -0.4 is 10.6 Å². The molecule has 1 atom stereocenters. The molecule has 0 radical (unpaired) electrons. The van der Waals surface area contributed by atoms with Crippen molar-refractivity contribution in [2.45, 2.75) is 47.9 Å². The van der Waals surface area contributed by atoms with Crippen LogP contribution in [0.2, 0.25) is 0 Å². The molecule has 4 aromatic rings. The summed E-state index contributed by atoms with van der Waals surface area (Å²) in [5.74, 6) is 0.990. The van der Waals surface area contributed by atoms with Crippen LogP contribution in [0.4, 0.5) is 5.95 Å². The van der Waals surface area contributed by atoms with Crippen molar-refractivity contribution >= 4 is 44.9 Å². The zero-order valence-corrected chi connectivity index (χ0v) is 18.3. The minimum atomic E-state index is 0.355. The number of piperidine rings is 1. The maximum absolute atomic E-state index is 6.47. The van der Waals surface area contributed by atoms with Crippen LogP contribution in [0.3, 0.4) is 0 Å². The lowest BCUT2D eigenvalue weighted by Crippen LogP contribution is -2.47. The Bertz CT molecular complexity index is 1210. The third kappa shape index (κ3) is 2.92. The van der Waals surface area contributed by atoms with Gasteiger partial charge in [0.15, 0.2) is 5.65 Å². The first kappa shape index (κ1) is 18.6. The molecular weight excluding hydrogens is 412 g/mol. The molecule has 0 bridgehead atoms. The Kier molecular flexibility index (Phi) is 4.47. The lowest BCUT2D eigenvalue weighted by atomic mass is 9.74. The van der Waals surface area contributed by atoms with Crippen molar-refractivity contribution in [1.29, 1.82) is 0 Å². The van der Waals surface area contributed by atoms with E-state index in [1.54, 1.807) is 23.1 Å². The van der Waals surface area contributed by atoms with Gasteiger partial charge in [-0.3, -0.25) is 4.40 Å². The number of hydrogen-bond acceptors (Lipinski definition) is 7. The lowest BCUT2D eigenvalue weighted by Gasteiger charge is -2.42. The molecule has 2 fully saturated rings. The summed E-state index contributed by atoms with van der Waals surface area (Å²) < 4.78 is 3.35. The highest BCUT2D eigenvalue weighted by molar-refractivity contribution is 8.00. The Morgan fingerprint density at radius 3 is 2.83 bits per heavy atom. The van der Waals surface area contributed by atoms with Gasteiger partial charge in [0.1, 0.15) is 0 Å². The molecule has 4 heterocycles. The molecule has 3 aromatic heterocycles. The molecular formula is C22H24N6S2. The van der Waals surface area contributed by atoms with E-state index in [0.717, 1.165) is 47.9 Å². The van der Waals surface area contributed by atoms with Crippen molar-refractivity contribution < 1.29 is 0 Å². The van der Waals surface area contributed by atoms with E-state index in [1.165, 1.54) is 28.9 Å². The largest absolute Gasteiger partial charge is 0.342 e. The van der Waals surface area contributed by atoms with E-state index in [2.05, 4.69) is 37.5 Å². The number of benzene rings is 1. The van der Waals surface area contributed by atoms with Crippen molar-refractivity contribution in [3.8, 4) is 0 Å². The van der Waals surface area contributed by atoms with E-state index in [4.69, 9.17) is 10.7 Å². The van der Waals surface area contributed by atoms with Crippen molar-refractivity contribution in [3.05, 3.63) is 42.3 Å². The second-order valence-electron chi connectivity index (χ2n) is 8.45. The maximum atomic E-state index is 6.47. The molecule has 6 nitrogen and oxygen atoms in total. The van der Waals surface area contributed by atoms with Crippen LogP contribution in [0.1, 0.15) is 32.1 Å². The van der Waals surface area contributed by atoms with Crippen LogP contribution in [0.25, 0.3) is 15.9 Å². The standard InChI is InChI=1S/C22H24N6S2/c23-18-5-2-6-22(18)7-10-27(11-8-22)21-25-13-17(20-24-9-12-28(20)21)30-16-4-1-3-15-19(16)29-14-26-15/h1,3-4,9,12-14,18H,2,5-8,10-11,23H2/t18-/m1/s1. The summed E-state index contributed by atoms with van der Waals surface area (Å²) in [5, 5.41) is 0. The normalized spacial score (nSPS) is 21.2. The highest BCUT2D eigenvalue weighted by Gasteiger charge is 2.43. The van der Waals surface area contributed by atoms with E-state index >= 15 is 0 Å². The van der Waals surface area contributed by atoms with Crippen LogP contribution >= 0.6 is 23.1 Å². The fourth-order valence-corrected chi connectivity index (χ4v) is 7.08. The first-order chi connectivity index (χ1) is 14.7. The fraction of sp³-hybridized carbons (Fsp3) is 0.409. The molecule has 0 unspecified atom stereocenters. The number of nitrogens with zero attached hydrogens (tertiary/aromatic N) is 5. The van der Waals surface area contributed by atoms with Gasteiger partial charge in [-0.25, -0.2) is 15.0 Å². The molecule has 2 N–H and O–H groups in total. The van der Waals surface area contributed by atoms with Gasteiger partial charge in [0.2, 0.25) is 5.95 Å². The van der Waals surface area contributed by atoms with Gasteiger partial charge < -0.3 is 10.6 Å². The van der Waals surface area contributed by atoms with Gasteiger partial charge in [0.05, 0.1) is 20.6 Å². The summed E-state index contributed by atoms with van der Waals surface area (Å²) in [5.41, 5.74) is 10.7. The molecule has 8 heteroatoms. The Balaban J connectivity index is 1.30. The van der Waals surface area contributed by atoms with Crippen LogP contribution in [0, 0.1) is 5.41 Å². The first-order valence-corrected chi connectivity index (χ1v) is 12.3. The van der Waals surface area contributed by atoms with Gasteiger partial charge in [-0.05, 0) is 43.2 Å². The van der Waals surface area contributed by atoms with Crippen LogP contribution in [0.5, 0.6) is 0 Å². The van der Waals surface area contributed by atoms with Crippen molar-refractivity contribution in [2.24, 2.45) is 11.1 Å². The summed E-state index contributed by atoms with van der Waals surface area (Å²) in [6, 6.07) is 6.63. The Morgan fingerprint density at radius 1 is 1.10 bits per heavy atom. The van der Waals surface area contributed by atoms with Crippen molar-refractivity contribution in [1.82, 2.24) is 19.4 Å². The summed E-state index contributed by atoms with van der Waals surface area (Å²) in [7, 11) is 0. The van der Waals surface area contributed by atoms with Gasteiger partial charge >= 0.3 is 0 Å². The number of rotatable bonds is 3. The SMILES string of the molecule is N[C@@H]1CCCC12CCN(c1ncc(Sc3cccc4ncsc34)c3nccn13)CC2. The van der Waals surface area contributed by atoms with Gasteiger partial charge in [0.25, 0.3) is 0 Å². The highest BCUT2D eigenvalue weighted by atomic mass is 32.2. The molecule has 1 aliphatic carbocycles. The smallest absolute Gasteiger partial charge is 0.211 e. The van der Waals surface area contributed by atoms with Gasteiger partial charge in [-0.15, -0.1) is 11.3 Å². The third-order valence-electron chi connectivity index (χ3n) is 6.93. The molecule has 1 aromatic carbocycles. The van der Waals surface area contributed by atoms with Crippen molar-refractivity contribution in [2.75, 3.05) is 18.0 Å².